The molecule has 1 fully saturated rings. The largest absolute Gasteiger partial charge is 0.360 e. The summed E-state index contributed by atoms with van der Waals surface area (Å²) in [7, 11) is 0. The molecule has 0 radical (unpaired) electrons. The molecule has 0 bridgehead atoms. The van der Waals surface area contributed by atoms with E-state index in [-0.39, 0.29) is 11.8 Å². The standard InChI is InChI=1S/C11H19N3O2/c1-2-9(6-12)5-11(15)14-3-4-16-10(7-13)8-14/h9-10H,2-6,8,12H2,1H3. The normalized spacial score (nSPS) is 22.6. The van der Waals surface area contributed by atoms with Gasteiger partial charge in [0.05, 0.1) is 19.2 Å². The molecule has 0 aliphatic carbocycles. The maximum atomic E-state index is 11.9. The van der Waals surface area contributed by atoms with Crippen molar-refractivity contribution >= 4 is 5.91 Å². The van der Waals surface area contributed by atoms with E-state index in [4.69, 9.17) is 15.7 Å². The number of hydrogen-bond donors (Lipinski definition) is 1. The zero-order chi connectivity index (χ0) is 12.0. The van der Waals surface area contributed by atoms with E-state index < -0.39 is 6.10 Å². The molecule has 1 aliphatic rings. The minimum atomic E-state index is -0.476. The van der Waals surface area contributed by atoms with Crippen LogP contribution in [0.2, 0.25) is 0 Å². The number of nitrogens with two attached hydrogens (primary N) is 1. The lowest BCUT2D eigenvalue weighted by molar-refractivity contribution is -0.138. The number of carbonyl (C=O) groups is 1. The van der Waals surface area contributed by atoms with Gasteiger partial charge in [-0.3, -0.25) is 4.79 Å². The van der Waals surface area contributed by atoms with Crippen molar-refractivity contribution in [3.63, 3.8) is 0 Å². The first-order valence-corrected chi connectivity index (χ1v) is 5.70. The van der Waals surface area contributed by atoms with E-state index in [1.807, 2.05) is 13.0 Å². The number of nitriles is 1. The van der Waals surface area contributed by atoms with Gasteiger partial charge in [0, 0.05) is 13.0 Å². The summed E-state index contributed by atoms with van der Waals surface area (Å²) in [5.74, 6) is 0.330. The number of morpholine rings is 1. The number of nitrogens with zero attached hydrogens (tertiary/aromatic N) is 2. The Kier molecular flexibility index (Phi) is 5.23. The molecule has 0 spiro atoms. The Morgan fingerprint density at radius 2 is 2.50 bits per heavy atom. The molecule has 1 amide bonds. The summed E-state index contributed by atoms with van der Waals surface area (Å²) < 4.78 is 5.19. The van der Waals surface area contributed by atoms with Gasteiger partial charge in [-0.1, -0.05) is 13.3 Å². The van der Waals surface area contributed by atoms with Gasteiger partial charge in [-0.15, -0.1) is 0 Å². The van der Waals surface area contributed by atoms with E-state index in [0.717, 1.165) is 6.42 Å². The molecule has 0 aromatic carbocycles. The van der Waals surface area contributed by atoms with E-state index in [2.05, 4.69) is 0 Å². The van der Waals surface area contributed by atoms with Gasteiger partial charge < -0.3 is 15.4 Å². The lowest BCUT2D eigenvalue weighted by Gasteiger charge is -2.30. The fourth-order valence-corrected chi connectivity index (χ4v) is 1.72. The Morgan fingerprint density at radius 3 is 3.06 bits per heavy atom. The van der Waals surface area contributed by atoms with E-state index in [0.29, 0.717) is 32.7 Å². The molecule has 1 aliphatic heterocycles. The van der Waals surface area contributed by atoms with Gasteiger partial charge in [0.2, 0.25) is 5.91 Å². The molecule has 1 rings (SSSR count). The molecule has 2 atom stereocenters. The summed E-state index contributed by atoms with van der Waals surface area (Å²) in [6, 6.07) is 2.03. The third kappa shape index (κ3) is 3.47. The highest BCUT2D eigenvalue weighted by Gasteiger charge is 2.24. The lowest BCUT2D eigenvalue weighted by Crippen LogP contribution is -2.45. The van der Waals surface area contributed by atoms with Crippen molar-refractivity contribution in [2.75, 3.05) is 26.2 Å². The van der Waals surface area contributed by atoms with Crippen molar-refractivity contribution in [1.29, 1.82) is 5.26 Å². The molecule has 1 heterocycles. The number of amides is 1. The van der Waals surface area contributed by atoms with Crippen molar-refractivity contribution in [3.05, 3.63) is 0 Å². The molecule has 0 saturated carbocycles. The van der Waals surface area contributed by atoms with Crippen LogP contribution in [-0.4, -0.2) is 43.2 Å². The second-order valence-corrected chi connectivity index (χ2v) is 4.04. The highest BCUT2D eigenvalue weighted by Crippen LogP contribution is 2.12. The molecular weight excluding hydrogens is 206 g/mol. The molecule has 2 unspecified atom stereocenters. The maximum Gasteiger partial charge on any atom is 0.223 e. The SMILES string of the molecule is CCC(CN)CC(=O)N1CCOC(C#N)C1. The molecule has 0 aromatic rings. The average molecular weight is 225 g/mol. The first kappa shape index (κ1) is 12.9. The Morgan fingerprint density at radius 1 is 1.75 bits per heavy atom. The van der Waals surface area contributed by atoms with Crippen LogP contribution in [0.25, 0.3) is 0 Å². The monoisotopic (exact) mass is 225 g/mol. The van der Waals surface area contributed by atoms with Crippen molar-refractivity contribution < 1.29 is 9.53 Å². The Hall–Kier alpha value is -1.12. The topological polar surface area (TPSA) is 79.3 Å². The maximum absolute atomic E-state index is 11.9. The van der Waals surface area contributed by atoms with Gasteiger partial charge in [-0.05, 0) is 12.5 Å². The van der Waals surface area contributed by atoms with Crippen LogP contribution in [0.5, 0.6) is 0 Å². The predicted molar refractivity (Wildman–Crippen MR) is 59.4 cm³/mol. The van der Waals surface area contributed by atoms with Crippen LogP contribution < -0.4 is 5.73 Å². The minimum absolute atomic E-state index is 0.0841. The molecule has 5 nitrogen and oxygen atoms in total. The van der Waals surface area contributed by atoms with Crippen LogP contribution >= 0.6 is 0 Å². The second kappa shape index (κ2) is 6.46. The van der Waals surface area contributed by atoms with Crippen LogP contribution in [0.15, 0.2) is 0 Å². The Labute approximate surface area is 96.2 Å². The Balaban J connectivity index is 2.44. The summed E-state index contributed by atoms with van der Waals surface area (Å²) >= 11 is 0. The van der Waals surface area contributed by atoms with Gasteiger partial charge in [0.25, 0.3) is 0 Å². The third-order valence-electron chi connectivity index (χ3n) is 2.94. The average Bonchev–Trinajstić information content (AvgIpc) is 2.35. The molecule has 16 heavy (non-hydrogen) atoms. The zero-order valence-electron chi connectivity index (χ0n) is 9.69. The number of rotatable bonds is 4. The third-order valence-corrected chi connectivity index (χ3v) is 2.94. The van der Waals surface area contributed by atoms with Crippen LogP contribution in [-0.2, 0) is 9.53 Å². The smallest absolute Gasteiger partial charge is 0.223 e. The minimum Gasteiger partial charge on any atom is -0.360 e. The van der Waals surface area contributed by atoms with Crippen molar-refractivity contribution in [2.45, 2.75) is 25.9 Å². The molecule has 1 saturated heterocycles. The second-order valence-electron chi connectivity index (χ2n) is 4.04. The van der Waals surface area contributed by atoms with Crippen LogP contribution in [0.4, 0.5) is 0 Å². The zero-order valence-corrected chi connectivity index (χ0v) is 9.69. The van der Waals surface area contributed by atoms with E-state index in [1.54, 1.807) is 4.90 Å². The molecule has 2 N–H and O–H groups in total. The van der Waals surface area contributed by atoms with Crippen LogP contribution in [0.1, 0.15) is 19.8 Å². The van der Waals surface area contributed by atoms with Crippen molar-refractivity contribution in [1.82, 2.24) is 4.90 Å². The van der Waals surface area contributed by atoms with E-state index in [9.17, 15) is 4.79 Å². The molecule has 90 valence electrons. The number of hydrogen-bond acceptors (Lipinski definition) is 4. The molecule has 0 aromatic heterocycles. The lowest BCUT2D eigenvalue weighted by atomic mass is 10.0. The summed E-state index contributed by atoms with van der Waals surface area (Å²) in [5.41, 5.74) is 5.57. The van der Waals surface area contributed by atoms with Gasteiger partial charge in [-0.25, -0.2) is 0 Å². The van der Waals surface area contributed by atoms with Gasteiger partial charge in [0.15, 0.2) is 6.10 Å². The van der Waals surface area contributed by atoms with Gasteiger partial charge in [-0.2, -0.15) is 5.26 Å². The Bertz CT molecular complexity index is 271. The fraction of sp³-hybridized carbons (Fsp3) is 0.818. The quantitative estimate of drug-likeness (QED) is 0.736. The van der Waals surface area contributed by atoms with E-state index >= 15 is 0 Å². The van der Waals surface area contributed by atoms with Gasteiger partial charge >= 0.3 is 0 Å². The first-order valence-electron chi connectivity index (χ1n) is 5.70. The molecular formula is C11H19N3O2. The number of ether oxygens (including phenoxy) is 1. The molecule has 5 heteroatoms. The van der Waals surface area contributed by atoms with Gasteiger partial charge in [0.1, 0.15) is 0 Å². The van der Waals surface area contributed by atoms with Crippen LogP contribution in [0.3, 0.4) is 0 Å². The number of carbonyl (C=O) groups excluding carboxylic acids is 1. The van der Waals surface area contributed by atoms with Crippen molar-refractivity contribution in [3.8, 4) is 6.07 Å². The first-order chi connectivity index (χ1) is 7.71. The summed E-state index contributed by atoms with van der Waals surface area (Å²) in [6.07, 6.45) is 0.912. The summed E-state index contributed by atoms with van der Waals surface area (Å²) in [6.45, 7) is 3.98. The summed E-state index contributed by atoms with van der Waals surface area (Å²) in [4.78, 5) is 13.6. The highest BCUT2D eigenvalue weighted by molar-refractivity contribution is 5.76. The fourth-order valence-electron chi connectivity index (χ4n) is 1.72. The van der Waals surface area contributed by atoms with E-state index in [1.165, 1.54) is 0 Å². The highest BCUT2D eigenvalue weighted by atomic mass is 16.5. The summed E-state index contributed by atoms with van der Waals surface area (Å²) in [5, 5.41) is 8.73. The van der Waals surface area contributed by atoms with Crippen molar-refractivity contribution in [2.24, 2.45) is 11.7 Å². The predicted octanol–water partition coefficient (Wildman–Crippen LogP) is 0.112. The van der Waals surface area contributed by atoms with Crippen LogP contribution in [0, 0.1) is 17.2 Å².